The maximum absolute atomic E-state index is 12.4. The highest BCUT2D eigenvalue weighted by Crippen LogP contribution is 2.24. The van der Waals surface area contributed by atoms with Crippen LogP contribution >= 0.6 is 11.6 Å². The van der Waals surface area contributed by atoms with E-state index in [0.29, 0.717) is 29.9 Å². The molecule has 2 amide bonds. The van der Waals surface area contributed by atoms with Gasteiger partial charge in [0.1, 0.15) is 5.75 Å². The number of amides is 2. The monoisotopic (exact) mass is 346 g/mol. The molecule has 2 rings (SSSR count). The number of hydrogen-bond donors (Lipinski definition) is 2. The van der Waals surface area contributed by atoms with Crippen molar-refractivity contribution in [1.29, 1.82) is 0 Å². The number of phenols is 1. The number of hydrogen-bond acceptors (Lipinski definition) is 3. The topological polar surface area (TPSA) is 69.6 Å². The zero-order chi connectivity index (χ0) is 17.7. The SMILES string of the molecule is CCN(CC)C(=O)c1cccc(NC(=O)c2ccc(O)c(Cl)c2)c1. The summed E-state index contributed by atoms with van der Waals surface area (Å²) >= 11 is 5.81. The van der Waals surface area contributed by atoms with Crippen molar-refractivity contribution in [2.45, 2.75) is 13.8 Å². The van der Waals surface area contributed by atoms with E-state index in [1.54, 1.807) is 29.2 Å². The Kier molecular flexibility index (Phi) is 5.82. The van der Waals surface area contributed by atoms with Gasteiger partial charge in [0.25, 0.3) is 11.8 Å². The molecule has 0 aliphatic rings. The van der Waals surface area contributed by atoms with Crippen LogP contribution in [0, 0.1) is 0 Å². The molecule has 24 heavy (non-hydrogen) atoms. The molecule has 0 saturated carbocycles. The molecule has 0 spiro atoms. The van der Waals surface area contributed by atoms with Crippen molar-refractivity contribution in [2.75, 3.05) is 18.4 Å². The molecule has 0 aromatic heterocycles. The van der Waals surface area contributed by atoms with Crippen LogP contribution in [0.4, 0.5) is 5.69 Å². The first-order chi connectivity index (χ1) is 11.5. The van der Waals surface area contributed by atoms with Gasteiger partial charge in [0.2, 0.25) is 0 Å². The van der Waals surface area contributed by atoms with Crippen LogP contribution in [-0.4, -0.2) is 34.9 Å². The summed E-state index contributed by atoms with van der Waals surface area (Å²) < 4.78 is 0. The van der Waals surface area contributed by atoms with Crippen LogP contribution in [0.2, 0.25) is 5.02 Å². The van der Waals surface area contributed by atoms with Gasteiger partial charge in [-0.1, -0.05) is 17.7 Å². The van der Waals surface area contributed by atoms with Gasteiger partial charge in [-0.15, -0.1) is 0 Å². The second kappa shape index (κ2) is 7.84. The Balaban J connectivity index is 2.18. The quantitative estimate of drug-likeness (QED) is 0.865. The van der Waals surface area contributed by atoms with E-state index < -0.39 is 0 Å². The predicted octanol–water partition coefficient (Wildman–Crippen LogP) is 3.78. The van der Waals surface area contributed by atoms with E-state index in [9.17, 15) is 14.7 Å². The van der Waals surface area contributed by atoms with Crippen LogP contribution in [0.15, 0.2) is 42.5 Å². The maximum atomic E-state index is 12.4. The van der Waals surface area contributed by atoms with Gasteiger partial charge in [0, 0.05) is 29.9 Å². The van der Waals surface area contributed by atoms with Crippen LogP contribution in [0.3, 0.4) is 0 Å². The lowest BCUT2D eigenvalue weighted by Gasteiger charge is -2.19. The first-order valence-electron chi connectivity index (χ1n) is 7.65. The van der Waals surface area contributed by atoms with E-state index in [-0.39, 0.29) is 22.6 Å². The zero-order valence-corrected chi connectivity index (χ0v) is 14.3. The smallest absolute Gasteiger partial charge is 0.255 e. The van der Waals surface area contributed by atoms with E-state index in [1.807, 2.05) is 13.8 Å². The minimum absolute atomic E-state index is 0.0798. The third kappa shape index (κ3) is 4.06. The summed E-state index contributed by atoms with van der Waals surface area (Å²) in [5, 5.41) is 12.2. The molecule has 0 aliphatic heterocycles. The number of rotatable bonds is 5. The second-order valence-corrected chi connectivity index (χ2v) is 5.59. The number of phenolic OH excluding ortho intramolecular Hbond substituents is 1. The van der Waals surface area contributed by atoms with Crippen molar-refractivity contribution in [3.63, 3.8) is 0 Å². The van der Waals surface area contributed by atoms with Crippen LogP contribution < -0.4 is 5.32 Å². The molecule has 0 saturated heterocycles. The number of carbonyl (C=O) groups is 2. The van der Waals surface area contributed by atoms with E-state index >= 15 is 0 Å². The highest BCUT2D eigenvalue weighted by atomic mass is 35.5. The van der Waals surface area contributed by atoms with Gasteiger partial charge in [0.15, 0.2) is 0 Å². The molecule has 0 bridgehead atoms. The van der Waals surface area contributed by atoms with Gasteiger partial charge < -0.3 is 15.3 Å². The summed E-state index contributed by atoms with van der Waals surface area (Å²) in [5.74, 6) is -0.534. The highest BCUT2D eigenvalue weighted by molar-refractivity contribution is 6.32. The molecule has 0 radical (unpaired) electrons. The van der Waals surface area contributed by atoms with Gasteiger partial charge in [-0.25, -0.2) is 0 Å². The van der Waals surface area contributed by atoms with Crippen LogP contribution in [0.25, 0.3) is 0 Å². The number of carbonyl (C=O) groups excluding carboxylic acids is 2. The Morgan fingerprint density at radius 3 is 2.42 bits per heavy atom. The fourth-order valence-corrected chi connectivity index (χ4v) is 2.46. The van der Waals surface area contributed by atoms with Gasteiger partial charge in [-0.2, -0.15) is 0 Å². The van der Waals surface area contributed by atoms with Gasteiger partial charge in [-0.3, -0.25) is 9.59 Å². The van der Waals surface area contributed by atoms with Crippen molar-refractivity contribution < 1.29 is 14.7 Å². The minimum Gasteiger partial charge on any atom is -0.506 e. The van der Waals surface area contributed by atoms with E-state index in [0.717, 1.165) is 0 Å². The number of benzene rings is 2. The molecule has 5 nitrogen and oxygen atoms in total. The fourth-order valence-electron chi connectivity index (χ4n) is 2.27. The molecule has 0 atom stereocenters. The van der Waals surface area contributed by atoms with Crippen molar-refractivity contribution in [3.05, 3.63) is 58.6 Å². The Morgan fingerprint density at radius 2 is 1.79 bits per heavy atom. The highest BCUT2D eigenvalue weighted by Gasteiger charge is 2.14. The molecule has 0 fully saturated rings. The maximum Gasteiger partial charge on any atom is 0.255 e. The number of nitrogens with one attached hydrogen (secondary N) is 1. The summed E-state index contributed by atoms with van der Waals surface area (Å²) in [4.78, 5) is 26.3. The normalized spacial score (nSPS) is 10.3. The Hall–Kier alpha value is -2.53. The summed E-state index contributed by atoms with van der Waals surface area (Å²) in [6.07, 6.45) is 0. The van der Waals surface area contributed by atoms with E-state index in [1.165, 1.54) is 18.2 Å². The molecular weight excluding hydrogens is 328 g/mol. The molecule has 0 aliphatic carbocycles. The molecule has 2 aromatic rings. The van der Waals surface area contributed by atoms with Crippen LogP contribution in [-0.2, 0) is 0 Å². The van der Waals surface area contributed by atoms with Gasteiger partial charge in [0.05, 0.1) is 5.02 Å². The van der Waals surface area contributed by atoms with Crippen molar-refractivity contribution >= 4 is 29.1 Å². The third-order valence-corrected chi connectivity index (χ3v) is 3.93. The second-order valence-electron chi connectivity index (χ2n) is 5.18. The molecule has 2 aromatic carbocycles. The molecule has 6 heteroatoms. The Morgan fingerprint density at radius 1 is 1.08 bits per heavy atom. The van der Waals surface area contributed by atoms with Crippen molar-refractivity contribution in [2.24, 2.45) is 0 Å². The molecule has 2 N–H and O–H groups in total. The van der Waals surface area contributed by atoms with Crippen molar-refractivity contribution in [3.8, 4) is 5.75 Å². The minimum atomic E-state index is -0.371. The Labute approximate surface area is 145 Å². The summed E-state index contributed by atoms with van der Waals surface area (Å²) in [7, 11) is 0. The largest absolute Gasteiger partial charge is 0.506 e. The van der Waals surface area contributed by atoms with Gasteiger partial charge >= 0.3 is 0 Å². The summed E-state index contributed by atoms with van der Waals surface area (Å²) in [6.45, 7) is 5.08. The average molecular weight is 347 g/mol. The first kappa shape index (κ1) is 17.8. The average Bonchev–Trinajstić information content (AvgIpc) is 2.58. The van der Waals surface area contributed by atoms with Gasteiger partial charge in [-0.05, 0) is 50.2 Å². The fraction of sp³-hybridized carbons (Fsp3) is 0.222. The zero-order valence-electron chi connectivity index (χ0n) is 13.5. The number of aromatic hydroxyl groups is 1. The number of nitrogens with zero attached hydrogens (tertiary/aromatic N) is 1. The standard InChI is InChI=1S/C18H19ClN2O3/c1-3-21(4-2)18(24)13-6-5-7-14(10-13)20-17(23)12-8-9-16(22)15(19)11-12/h5-11,22H,3-4H2,1-2H3,(H,20,23). The summed E-state index contributed by atoms with van der Waals surface area (Å²) in [6, 6.07) is 11.0. The predicted molar refractivity (Wildman–Crippen MR) is 94.8 cm³/mol. The lowest BCUT2D eigenvalue weighted by Crippen LogP contribution is -2.30. The Bertz CT molecular complexity index is 758. The number of anilines is 1. The van der Waals surface area contributed by atoms with Crippen LogP contribution in [0.5, 0.6) is 5.75 Å². The third-order valence-electron chi connectivity index (χ3n) is 3.63. The lowest BCUT2D eigenvalue weighted by atomic mass is 10.1. The van der Waals surface area contributed by atoms with E-state index in [2.05, 4.69) is 5.32 Å². The lowest BCUT2D eigenvalue weighted by molar-refractivity contribution is 0.0772. The van der Waals surface area contributed by atoms with E-state index in [4.69, 9.17) is 11.6 Å². The van der Waals surface area contributed by atoms with Crippen molar-refractivity contribution in [1.82, 2.24) is 4.90 Å². The molecule has 126 valence electrons. The molecule has 0 unspecified atom stereocenters. The first-order valence-corrected chi connectivity index (χ1v) is 8.03. The number of halogens is 1. The summed E-state index contributed by atoms with van der Waals surface area (Å²) in [5.41, 5.74) is 1.35. The van der Waals surface area contributed by atoms with Crippen LogP contribution in [0.1, 0.15) is 34.6 Å². The molecule has 0 heterocycles. The molecular formula is C18H19ClN2O3.